The summed E-state index contributed by atoms with van der Waals surface area (Å²) in [6.07, 6.45) is 1.46. The van der Waals surface area contributed by atoms with Gasteiger partial charge in [0.05, 0.1) is 17.0 Å². The van der Waals surface area contributed by atoms with Crippen LogP contribution in [0.25, 0.3) is 10.7 Å². The standard InChI is InChI=1S/C17H16N6O2S/c1-9-7-10(2)23(19-9)17-18-16(20-26-17)13-14(22-5-6-22)12(24)8-11(15(13)25)21-3-4-21/h7-8H,3-6H2,1-2H3. The molecule has 26 heavy (non-hydrogen) atoms. The fourth-order valence-electron chi connectivity index (χ4n) is 3.16. The van der Waals surface area contributed by atoms with E-state index in [2.05, 4.69) is 14.5 Å². The molecule has 0 radical (unpaired) electrons. The molecule has 4 heterocycles. The second kappa shape index (κ2) is 5.34. The van der Waals surface area contributed by atoms with E-state index < -0.39 is 0 Å². The van der Waals surface area contributed by atoms with Crippen molar-refractivity contribution in [3.8, 4) is 5.13 Å². The van der Waals surface area contributed by atoms with Gasteiger partial charge in [-0.05, 0) is 19.9 Å². The number of aromatic nitrogens is 4. The maximum Gasteiger partial charge on any atom is 0.230 e. The first-order valence-electron chi connectivity index (χ1n) is 8.45. The molecule has 9 heteroatoms. The molecule has 0 atom stereocenters. The highest BCUT2D eigenvalue weighted by Gasteiger charge is 2.41. The Balaban J connectivity index is 1.60. The zero-order valence-corrected chi connectivity index (χ0v) is 15.2. The molecule has 1 aliphatic carbocycles. The predicted molar refractivity (Wildman–Crippen MR) is 94.7 cm³/mol. The van der Waals surface area contributed by atoms with Gasteiger partial charge in [0.25, 0.3) is 0 Å². The summed E-state index contributed by atoms with van der Waals surface area (Å²) in [7, 11) is 0. The number of rotatable bonds is 4. The molecule has 0 N–H and O–H groups in total. The molecular weight excluding hydrogens is 352 g/mol. The van der Waals surface area contributed by atoms with Crippen LogP contribution in [0.1, 0.15) is 17.2 Å². The van der Waals surface area contributed by atoms with Crippen molar-refractivity contribution in [1.82, 2.24) is 28.9 Å². The number of hydrogen-bond donors (Lipinski definition) is 0. The highest BCUT2D eigenvalue weighted by molar-refractivity contribution is 7.08. The zero-order valence-electron chi connectivity index (χ0n) is 14.4. The van der Waals surface area contributed by atoms with Gasteiger partial charge >= 0.3 is 0 Å². The number of carbonyl (C=O) groups excluding carboxylic acids is 2. The summed E-state index contributed by atoms with van der Waals surface area (Å²) in [6, 6.07) is 1.96. The lowest BCUT2D eigenvalue weighted by atomic mass is 9.96. The Bertz CT molecular complexity index is 1020. The van der Waals surface area contributed by atoms with Crippen molar-refractivity contribution in [2.24, 2.45) is 0 Å². The fourth-order valence-corrected chi connectivity index (χ4v) is 3.85. The van der Waals surface area contributed by atoms with Gasteiger partial charge in [0.15, 0.2) is 5.82 Å². The third-order valence-electron chi connectivity index (χ3n) is 4.58. The van der Waals surface area contributed by atoms with Crippen molar-refractivity contribution in [3.63, 3.8) is 0 Å². The molecule has 0 unspecified atom stereocenters. The summed E-state index contributed by atoms with van der Waals surface area (Å²) < 4.78 is 6.11. The summed E-state index contributed by atoms with van der Waals surface area (Å²) >= 11 is 1.18. The topological polar surface area (TPSA) is 83.8 Å². The van der Waals surface area contributed by atoms with Crippen molar-refractivity contribution in [2.45, 2.75) is 13.8 Å². The molecule has 132 valence electrons. The molecule has 2 aliphatic heterocycles. The monoisotopic (exact) mass is 368 g/mol. The van der Waals surface area contributed by atoms with E-state index in [1.54, 1.807) is 4.68 Å². The van der Waals surface area contributed by atoms with Crippen LogP contribution in [0.5, 0.6) is 0 Å². The van der Waals surface area contributed by atoms with Crippen LogP contribution in [0, 0.1) is 13.8 Å². The van der Waals surface area contributed by atoms with Crippen LogP contribution >= 0.6 is 11.5 Å². The lowest BCUT2D eigenvalue weighted by Crippen LogP contribution is -2.26. The molecule has 2 saturated heterocycles. The Labute approximate surface area is 153 Å². The molecule has 0 aromatic carbocycles. The Morgan fingerprint density at radius 3 is 2.42 bits per heavy atom. The molecule has 8 nitrogen and oxygen atoms in total. The van der Waals surface area contributed by atoms with Gasteiger partial charge in [0, 0.05) is 49.5 Å². The van der Waals surface area contributed by atoms with Crippen molar-refractivity contribution in [2.75, 3.05) is 26.2 Å². The van der Waals surface area contributed by atoms with Gasteiger partial charge in [-0.25, -0.2) is 4.68 Å². The number of aryl methyl sites for hydroxylation is 2. The van der Waals surface area contributed by atoms with Gasteiger partial charge in [0.2, 0.25) is 16.7 Å². The van der Waals surface area contributed by atoms with Crippen LogP contribution in [-0.4, -0.2) is 66.7 Å². The van der Waals surface area contributed by atoms with Crippen LogP contribution in [-0.2, 0) is 9.59 Å². The van der Waals surface area contributed by atoms with Crippen molar-refractivity contribution in [3.05, 3.63) is 40.7 Å². The number of allylic oxidation sites excluding steroid dienone is 2. The molecule has 0 amide bonds. The maximum absolute atomic E-state index is 13.1. The first kappa shape index (κ1) is 15.4. The second-order valence-corrected chi connectivity index (χ2v) is 7.39. The van der Waals surface area contributed by atoms with Crippen molar-refractivity contribution >= 4 is 28.7 Å². The Hall–Kier alpha value is -2.81. The van der Waals surface area contributed by atoms with E-state index in [9.17, 15) is 9.59 Å². The highest BCUT2D eigenvalue weighted by Crippen LogP contribution is 2.35. The average Bonchev–Trinajstić information content (AvgIpc) is 3.52. The minimum absolute atomic E-state index is 0.138. The Morgan fingerprint density at radius 2 is 1.81 bits per heavy atom. The van der Waals surface area contributed by atoms with Gasteiger partial charge < -0.3 is 9.80 Å². The first-order valence-corrected chi connectivity index (χ1v) is 9.23. The second-order valence-electron chi connectivity index (χ2n) is 6.66. The third-order valence-corrected chi connectivity index (χ3v) is 5.27. The molecule has 0 saturated carbocycles. The van der Waals surface area contributed by atoms with Gasteiger partial charge in [-0.1, -0.05) is 0 Å². The zero-order chi connectivity index (χ0) is 18.0. The van der Waals surface area contributed by atoms with Gasteiger partial charge in [-0.15, -0.1) is 0 Å². The molecule has 3 aliphatic rings. The van der Waals surface area contributed by atoms with Crippen molar-refractivity contribution < 1.29 is 9.59 Å². The van der Waals surface area contributed by atoms with E-state index in [1.807, 2.05) is 29.7 Å². The van der Waals surface area contributed by atoms with E-state index in [-0.39, 0.29) is 11.6 Å². The molecule has 5 rings (SSSR count). The minimum atomic E-state index is -0.165. The number of carbonyl (C=O) groups is 2. The van der Waals surface area contributed by atoms with Crippen LogP contribution in [0.4, 0.5) is 0 Å². The summed E-state index contributed by atoms with van der Waals surface area (Å²) in [5.41, 5.74) is 3.04. The summed E-state index contributed by atoms with van der Waals surface area (Å²) in [4.78, 5) is 34.1. The van der Waals surface area contributed by atoms with E-state index in [4.69, 9.17) is 0 Å². The number of hydrogen-bond acceptors (Lipinski definition) is 8. The third kappa shape index (κ3) is 2.38. The lowest BCUT2D eigenvalue weighted by Gasteiger charge is -2.19. The van der Waals surface area contributed by atoms with E-state index in [0.717, 1.165) is 37.6 Å². The van der Waals surface area contributed by atoms with E-state index in [0.29, 0.717) is 27.9 Å². The van der Waals surface area contributed by atoms with Crippen LogP contribution < -0.4 is 0 Å². The largest absolute Gasteiger partial charge is 0.365 e. The molecule has 2 aromatic heterocycles. The van der Waals surface area contributed by atoms with Crippen LogP contribution in [0.2, 0.25) is 0 Å². The van der Waals surface area contributed by atoms with Crippen LogP contribution in [0.15, 0.2) is 23.5 Å². The van der Waals surface area contributed by atoms with Gasteiger partial charge in [-0.3, -0.25) is 9.59 Å². The molecule has 0 spiro atoms. The van der Waals surface area contributed by atoms with E-state index in [1.165, 1.54) is 17.6 Å². The average molecular weight is 368 g/mol. The summed E-state index contributed by atoms with van der Waals surface area (Å²) in [5.74, 6) is 0.00781. The number of Topliss-reactive ketones (excluding diaryl/α,β-unsaturated/α-hetero) is 1. The Kier molecular flexibility index (Phi) is 3.17. The predicted octanol–water partition coefficient (Wildman–Crippen LogP) is 0.719. The number of ketones is 2. The minimum Gasteiger partial charge on any atom is -0.365 e. The quantitative estimate of drug-likeness (QED) is 0.581. The smallest absolute Gasteiger partial charge is 0.230 e. The Morgan fingerprint density at radius 1 is 1.08 bits per heavy atom. The van der Waals surface area contributed by atoms with Crippen LogP contribution in [0.3, 0.4) is 0 Å². The maximum atomic E-state index is 13.1. The molecule has 2 aromatic rings. The normalized spacial score (nSPS) is 19.4. The fraction of sp³-hybridized carbons (Fsp3) is 0.353. The first-order chi connectivity index (χ1) is 12.5. The highest BCUT2D eigenvalue weighted by atomic mass is 32.1. The molecular formula is C17H16N6O2S. The number of nitrogens with zero attached hydrogens (tertiary/aromatic N) is 6. The van der Waals surface area contributed by atoms with E-state index >= 15 is 0 Å². The molecule has 2 fully saturated rings. The lowest BCUT2D eigenvalue weighted by molar-refractivity contribution is -0.115. The summed E-state index contributed by atoms with van der Waals surface area (Å²) in [6.45, 7) is 7.02. The van der Waals surface area contributed by atoms with Gasteiger partial charge in [-0.2, -0.15) is 14.5 Å². The van der Waals surface area contributed by atoms with Crippen molar-refractivity contribution in [1.29, 1.82) is 0 Å². The summed E-state index contributed by atoms with van der Waals surface area (Å²) in [5, 5.41) is 5.01. The molecule has 0 bridgehead atoms. The van der Waals surface area contributed by atoms with Gasteiger partial charge in [0.1, 0.15) is 5.70 Å². The SMILES string of the molecule is Cc1cc(C)n(-c2nc(C3=C(N4CC4)C(=O)C=C(N4CC4)C3=O)ns2)n1.